The molecule has 1 aromatic carbocycles. The van der Waals surface area contributed by atoms with Crippen LogP contribution in [0, 0.1) is 6.92 Å². The molecule has 0 atom stereocenters. The summed E-state index contributed by atoms with van der Waals surface area (Å²) in [7, 11) is 0. The van der Waals surface area contributed by atoms with Gasteiger partial charge in [-0.1, -0.05) is 16.5 Å². The second-order valence-electron chi connectivity index (χ2n) is 6.90. The summed E-state index contributed by atoms with van der Waals surface area (Å²) in [5, 5.41) is 9.58. The number of nitrogens with one attached hydrogen (secondary N) is 2. The van der Waals surface area contributed by atoms with Crippen molar-refractivity contribution in [1.29, 1.82) is 0 Å². The molecule has 0 fully saturated rings. The Labute approximate surface area is 176 Å². The van der Waals surface area contributed by atoms with Gasteiger partial charge in [-0.2, -0.15) is 0 Å². The fourth-order valence-corrected chi connectivity index (χ4v) is 4.16. The van der Waals surface area contributed by atoms with E-state index < -0.39 is 0 Å². The Balaban J connectivity index is 1.42. The van der Waals surface area contributed by atoms with Crippen molar-refractivity contribution in [3.63, 3.8) is 0 Å². The zero-order chi connectivity index (χ0) is 21.3. The number of aromatic nitrogens is 2. The van der Waals surface area contributed by atoms with Crippen LogP contribution >= 0.6 is 11.3 Å². The first kappa shape index (κ1) is 19.8. The smallest absolute Gasteiger partial charge is 0.279 e. The molecule has 10 heteroatoms. The van der Waals surface area contributed by atoms with E-state index in [-0.39, 0.29) is 23.4 Å². The van der Waals surface area contributed by atoms with Crippen molar-refractivity contribution in [2.75, 3.05) is 17.2 Å². The topological polar surface area (TPSA) is 117 Å². The normalized spacial score (nSPS) is 12.9. The van der Waals surface area contributed by atoms with Gasteiger partial charge in [-0.25, -0.2) is 4.98 Å². The average molecular weight is 425 g/mol. The highest BCUT2D eigenvalue weighted by molar-refractivity contribution is 7.15. The van der Waals surface area contributed by atoms with E-state index in [1.807, 2.05) is 0 Å². The first-order chi connectivity index (χ1) is 14.4. The Bertz CT molecular complexity index is 1120. The van der Waals surface area contributed by atoms with E-state index in [0.29, 0.717) is 41.7 Å². The van der Waals surface area contributed by atoms with Crippen LogP contribution in [-0.4, -0.2) is 39.3 Å². The maximum absolute atomic E-state index is 12.8. The van der Waals surface area contributed by atoms with Crippen LogP contribution < -0.4 is 10.6 Å². The van der Waals surface area contributed by atoms with Gasteiger partial charge in [-0.3, -0.25) is 19.7 Å². The molecule has 4 rings (SSSR count). The molecule has 3 heterocycles. The van der Waals surface area contributed by atoms with E-state index in [1.165, 1.54) is 18.3 Å². The van der Waals surface area contributed by atoms with Crippen LogP contribution in [0.1, 0.15) is 44.1 Å². The summed E-state index contributed by atoms with van der Waals surface area (Å²) in [6, 6.07) is 8.36. The summed E-state index contributed by atoms with van der Waals surface area (Å²) >= 11 is 1.35. The van der Waals surface area contributed by atoms with Gasteiger partial charge in [0.1, 0.15) is 5.76 Å². The van der Waals surface area contributed by atoms with Crippen molar-refractivity contribution in [1.82, 2.24) is 15.0 Å². The highest BCUT2D eigenvalue weighted by Gasteiger charge is 2.25. The molecule has 1 aliphatic heterocycles. The molecule has 3 amide bonds. The molecule has 0 unspecified atom stereocenters. The molecular formula is C20H19N5O4S. The number of nitrogens with zero attached hydrogens (tertiary/aromatic N) is 3. The van der Waals surface area contributed by atoms with Crippen LogP contribution in [0.2, 0.25) is 0 Å². The quantitative estimate of drug-likeness (QED) is 0.664. The van der Waals surface area contributed by atoms with E-state index in [1.54, 1.807) is 42.2 Å². The summed E-state index contributed by atoms with van der Waals surface area (Å²) in [5.74, 6) is -0.0838. The van der Waals surface area contributed by atoms with E-state index >= 15 is 0 Å². The lowest BCUT2D eigenvalue weighted by atomic mass is 10.1. The Kier molecular flexibility index (Phi) is 5.32. The minimum atomic E-state index is -0.384. The van der Waals surface area contributed by atoms with Crippen molar-refractivity contribution in [2.24, 2.45) is 0 Å². The number of amides is 3. The van der Waals surface area contributed by atoms with Gasteiger partial charge < -0.3 is 14.7 Å². The molecule has 3 aromatic rings. The number of benzene rings is 1. The van der Waals surface area contributed by atoms with Crippen molar-refractivity contribution < 1.29 is 18.9 Å². The van der Waals surface area contributed by atoms with E-state index in [9.17, 15) is 14.4 Å². The first-order valence-electron chi connectivity index (χ1n) is 9.29. The summed E-state index contributed by atoms with van der Waals surface area (Å²) in [4.78, 5) is 43.4. The highest BCUT2D eigenvalue weighted by Crippen LogP contribution is 2.29. The number of rotatable bonds is 4. The van der Waals surface area contributed by atoms with Crippen LogP contribution in [0.3, 0.4) is 0 Å². The number of carbonyl (C=O) groups is 3. The molecule has 0 saturated carbocycles. The lowest BCUT2D eigenvalue weighted by molar-refractivity contribution is -0.114. The van der Waals surface area contributed by atoms with Crippen LogP contribution in [0.4, 0.5) is 10.8 Å². The first-order valence-corrected chi connectivity index (χ1v) is 10.1. The third kappa shape index (κ3) is 4.23. The Morgan fingerprint density at radius 3 is 2.60 bits per heavy atom. The summed E-state index contributed by atoms with van der Waals surface area (Å²) in [6.07, 6.45) is 0.612. The molecule has 2 N–H and O–H groups in total. The van der Waals surface area contributed by atoms with Gasteiger partial charge in [0.05, 0.1) is 12.2 Å². The lowest BCUT2D eigenvalue weighted by Gasteiger charge is -2.26. The maximum atomic E-state index is 12.8. The molecule has 0 spiro atoms. The van der Waals surface area contributed by atoms with Crippen molar-refractivity contribution in [2.45, 2.75) is 26.8 Å². The van der Waals surface area contributed by atoms with E-state index in [2.05, 4.69) is 20.8 Å². The fourth-order valence-electron chi connectivity index (χ4n) is 3.14. The Morgan fingerprint density at radius 1 is 1.17 bits per heavy atom. The number of hydrogen-bond donors (Lipinski definition) is 2. The number of hydrogen-bond acceptors (Lipinski definition) is 7. The molecule has 0 radical (unpaired) electrons. The Hall–Kier alpha value is -3.53. The molecule has 154 valence electrons. The second-order valence-corrected chi connectivity index (χ2v) is 7.98. The number of aryl methyl sites for hydroxylation is 1. The van der Waals surface area contributed by atoms with Crippen LogP contribution in [0.15, 0.2) is 34.9 Å². The molecular weight excluding hydrogens is 406 g/mol. The number of anilines is 2. The second kappa shape index (κ2) is 8.07. The third-order valence-corrected chi connectivity index (χ3v) is 5.55. The zero-order valence-corrected chi connectivity index (χ0v) is 17.2. The van der Waals surface area contributed by atoms with Gasteiger partial charge in [0.25, 0.3) is 11.8 Å². The summed E-state index contributed by atoms with van der Waals surface area (Å²) < 4.78 is 4.92. The van der Waals surface area contributed by atoms with Gasteiger partial charge >= 0.3 is 0 Å². The molecule has 0 saturated heterocycles. The minimum Gasteiger partial charge on any atom is -0.361 e. The Morgan fingerprint density at radius 2 is 1.93 bits per heavy atom. The number of thiazole rings is 1. The van der Waals surface area contributed by atoms with Crippen LogP contribution in [0.25, 0.3) is 0 Å². The monoisotopic (exact) mass is 425 g/mol. The number of carbonyl (C=O) groups excluding carboxylic acids is 3. The largest absolute Gasteiger partial charge is 0.361 e. The predicted molar refractivity (Wildman–Crippen MR) is 110 cm³/mol. The SMILES string of the molecule is CC(=O)Nc1ccc(C(=O)N2CCc3nc(NC(=O)c4cc(C)on4)sc3C2)cc1. The van der Waals surface area contributed by atoms with Gasteiger partial charge in [-0.15, -0.1) is 0 Å². The molecule has 0 bridgehead atoms. The molecule has 2 aromatic heterocycles. The molecule has 30 heavy (non-hydrogen) atoms. The predicted octanol–water partition coefficient (Wildman–Crippen LogP) is 2.85. The van der Waals surface area contributed by atoms with Crippen molar-refractivity contribution in [3.05, 3.63) is 57.9 Å². The third-order valence-electron chi connectivity index (χ3n) is 4.55. The van der Waals surface area contributed by atoms with Crippen LogP contribution in [0.5, 0.6) is 0 Å². The standard InChI is InChI=1S/C20H19N5O4S/c1-11-9-16(24-29-11)18(27)23-20-22-15-7-8-25(10-17(15)30-20)19(28)13-3-5-14(6-4-13)21-12(2)26/h3-6,9H,7-8,10H2,1-2H3,(H,21,26)(H,22,23,27). The average Bonchev–Trinajstić information content (AvgIpc) is 3.32. The molecule has 1 aliphatic rings. The zero-order valence-electron chi connectivity index (χ0n) is 16.4. The van der Waals surface area contributed by atoms with E-state index in [4.69, 9.17) is 4.52 Å². The summed E-state index contributed by atoms with van der Waals surface area (Å²) in [5.41, 5.74) is 2.27. The minimum absolute atomic E-state index is 0.0907. The van der Waals surface area contributed by atoms with Gasteiger partial charge in [0.2, 0.25) is 5.91 Å². The van der Waals surface area contributed by atoms with Crippen LogP contribution in [-0.2, 0) is 17.8 Å². The van der Waals surface area contributed by atoms with Gasteiger partial charge in [0, 0.05) is 42.1 Å². The van der Waals surface area contributed by atoms with Gasteiger partial charge in [0.15, 0.2) is 10.8 Å². The van der Waals surface area contributed by atoms with Crippen molar-refractivity contribution >= 4 is 39.9 Å². The summed E-state index contributed by atoms with van der Waals surface area (Å²) in [6.45, 7) is 4.12. The number of fused-ring (bicyclic) bond motifs is 1. The van der Waals surface area contributed by atoms with Gasteiger partial charge in [-0.05, 0) is 31.2 Å². The van der Waals surface area contributed by atoms with E-state index in [0.717, 1.165) is 10.6 Å². The molecule has 9 nitrogen and oxygen atoms in total. The highest BCUT2D eigenvalue weighted by atomic mass is 32.1. The molecule has 0 aliphatic carbocycles. The lowest BCUT2D eigenvalue weighted by Crippen LogP contribution is -2.35. The van der Waals surface area contributed by atoms with Crippen molar-refractivity contribution in [3.8, 4) is 0 Å². The fraction of sp³-hybridized carbons (Fsp3) is 0.250. The maximum Gasteiger partial charge on any atom is 0.279 e.